The number of aliphatic hydroxyl groups is 1. The van der Waals surface area contributed by atoms with Crippen LogP contribution in [-0.2, 0) is 17.9 Å². The molecule has 3 N–H and O–H groups in total. The Kier molecular flexibility index (Phi) is 4.12. The lowest BCUT2D eigenvalue weighted by Gasteiger charge is -2.11. The van der Waals surface area contributed by atoms with E-state index >= 15 is 0 Å². The molecule has 0 aromatic heterocycles. The van der Waals surface area contributed by atoms with Crippen molar-refractivity contribution in [2.75, 3.05) is 6.54 Å². The molecule has 17 heavy (non-hydrogen) atoms. The lowest BCUT2D eigenvalue weighted by Crippen LogP contribution is -2.35. The number of nitrogens with one attached hydrogen (secondary N) is 2. The van der Waals surface area contributed by atoms with Gasteiger partial charge in [0, 0.05) is 25.6 Å². The molecular formula is C13H18N2O2. The van der Waals surface area contributed by atoms with Gasteiger partial charge in [0.15, 0.2) is 0 Å². The van der Waals surface area contributed by atoms with Crippen molar-refractivity contribution < 1.29 is 9.90 Å². The van der Waals surface area contributed by atoms with Gasteiger partial charge in [-0.15, -0.1) is 0 Å². The van der Waals surface area contributed by atoms with Crippen LogP contribution in [0, 0.1) is 0 Å². The van der Waals surface area contributed by atoms with Crippen LogP contribution in [-0.4, -0.2) is 23.6 Å². The lowest BCUT2D eigenvalue weighted by atomic mass is 10.1. The van der Waals surface area contributed by atoms with E-state index < -0.39 is 0 Å². The van der Waals surface area contributed by atoms with Crippen LogP contribution >= 0.6 is 0 Å². The summed E-state index contributed by atoms with van der Waals surface area (Å²) in [6, 6.07) is 8.13. The van der Waals surface area contributed by atoms with Gasteiger partial charge in [0.1, 0.15) is 0 Å². The molecule has 2 rings (SSSR count). The molecule has 1 aromatic carbocycles. The first-order chi connectivity index (χ1) is 8.28. The lowest BCUT2D eigenvalue weighted by molar-refractivity contribution is -0.119. The van der Waals surface area contributed by atoms with E-state index in [1.54, 1.807) is 0 Å². The van der Waals surface area contributed by atoms with Crippen molar-refractivity contribution in [3.05, 3.63) is 35.4 Å². The summed E-state index contributed by atoms with van der Waals surface area (Å²) >= 11 is 0. The molecule has 4 heteroatoms. The zero-order valence-electron chi connectivity index (χ0n) is 9.78. The Morgan fingerprint density at radius 2 is 2.24 bits per heavy atom. The maximum absolute atomic E-state index is 11.0. The fourth-order valence-electron chi connectivity index (χ4n) is 2.06. The van der Waals surface area contributed by atoms with Crippen molar-refractivity contribution in [1.29, 1.82) is 0 Å². The van der Waals surface area contributed by atoms with Crippen LogP contribution in [0.5, 0.6) is 0 Å². The van der Waals surface area contributed by atoms with Gasteiger partial charge in [0.05, 0.1) is 6.61 Å². The summed E-state index contributed by atoms with van der Waals surface area (Å²) in [7, 11) is 0. The van der Waals surface area contributed by atoms with E-state index in [-0.39, 0.29) is 18.6 Å². The highest BCUT2D eigenvalue weighted by molar-refractivity contribution is 5.78. The third-order valence-corrected chi connectivity index (χ3v) is 2.98. The molecule has 0 bridgehead atoms. The molecule has 1 atom stereocenters. The van der Waals surface area contributed by atoms with Crippen molar-refractivity contribution in [2.24, 2.45) is 0 Å². The average Bonchev–Trinajstić information content (AvgIpc) is 2.75. The van der Waals surface area contributed by atoms with Crippen LogP contribution in [0.15, 0.2) is 24.3 Å². The number of benzene rings is 1. The minimum absolute atomic E-state index is 0.0759. The molecule has 0 radical (unpaired) electrons. The number of aliphatic hydroxyl groups excluding tert-OH is 1. The maximum Gasteiger partial charge on any atom is 0.220 e. The fraction of sp³-hybridized carbons (Fsp3) is 0.462. The topological polar surface area (TPSA) is 61.4 Å². The van der Waals surface area contributed by atoms with Crippen LogP contribution in [0.1, 0.15) is 24.0 Å². The van der Waals surface area contributed by atoms with Crippen LogP contribution in [0.3, 0.4) is 0 Å². The Labute approximate surface area is 101 Å². The zero-order valence-corrected chi connectivity index (χ0v) is 9.78. The third-order valence-electron chi connectivity index (χ3n) is 2.98. The van der Waals surface area contributed by atoms with E-state index in [2.05, 4.69) is 10.6 Å². The number of hydrogen-bond donors (Lipinski definition) is 3. The van der Waals surface area contributed by atoms with Gasteiger partial charge in [-0.3, -0.25) is 4.79 Å². The highest BCUT2D eigenvalue weighted by atomic mass is 16.3. The first-order valence-corrected chi connectivity index (χ1v) is 5.96. The Morgan fingerprint density at radius 1 is 1.41 bits per heavy atom. The summed E-state index contributed by atoms with van der Waals surface area (Å²) < 4.78 is 0. The van der Waals surface area contributed by atoms with Gasteiger partial charge in [0.25, 0.3) is 0 Å². The van der Waals surface area contributed by atoms with Crippen LogP contribution in [0.2, 0.25) is 0 Å². The molecular weight excluding hydrogens is 216 g/mol. The number of carbonyl (C=O) groups is 1. The predicted molar refractivity (Wildman–Crippen MR) is 65.2 cm³/mol. The second-order valence-electron chi connectivity index (χ2n) is 4.41. The van der Waals surface area contributed by atoms with E-state index in [4.69, 9.17) is 5.11 Å². The maximum atomic E-state index is 11.0. The van der Waals surface area contributed by atoms with Crippen molar-refractivity contribution in [3.63, 3.8) is 0 Å². The Hall–Kier alpha value is -1.39. The van der Waals surface area contributed by atoms with E-state index in [0.717, 1.165) is 30.6 Å². The number of hydrogen-bond acceptors (Lipinski definition) is 3. The molecule has 1 unspecified atom stereocenters. The minimum Gasteiger partial charge on any atom is -0.392 e. The zero-order chi connectivity index (χ0) is 12.1. The van der Waals surface area contributed by atoms with E-state index in [1.165, 1.54) is 0 Å². The smallest absolute Gasteiger partial charge is 0.220 e. The van der Waals surface area contributed by atoms with Crippen LogP contribution in [0.25, 0.3) is 0 Å². The van der Waals surface area contributed by atoms with E-state index in [1.807, 2.05) is 24.3 Å². The monoisotopic (exact) mass is 234 g/mol. The van der Waals surface area contributed by atoms with Gasteiger partial charge in [0.2, 0.25) is 5.91 Å². The van der Waals surface area contributed by atoms with Crippen molar-refractivity contribution in [1.82, 2.24) is 10.6 Å². The normalized spacial score (nSPS) is 19.4. The van der Waals surface area contributed by atoms with E-state index in [0.29, 0.717) is 6.42 Å². The van der Waals surface area contributed by atoms with Gasteiger partial charge in [-0.1, -0.05) is 24.3 Å². The molecule has 1 amide bonds. The molecule has 0 aliphatic carbocycles. The number of rotatable bonds is 5. The summed E-state index contributed by atoms with van der Waals surface area (Å²) in [6.45, 7) is 1.64. The summed E-state index contributed by atoms with van der Waals surface area (Å²) in [5.74, 6) is 0.152. The highest BCUT2D eigenvalue weighted by Gasteiger charge is 2.19. The second kappa shape index (κ2) is 5.80. The largest absolute Gasteiger partial charge is 0.392 e. The van der Waals surface area contributed by atoms with Crippen molar-refractivity contribution in [3.8, 4) is 0 Å². The first-order valence-electron chi connectivity index (χ1n) is 5.96. The van der Waals surface area contributed by atoms with Crippen LogP contribution < -0.4 is 10.6 Å². The van der Waals surface area contributed by atoms with Crippen molar-refractivity contribution >= 4 is 5.91 Å². The molecule has 0 spiro atoms. The van der Waals surface area contributed by atoms with Gasteiger partial charge < -0.3 is 15.7 Å². The quantitative estimate of drug-likeness (QED) is 0.697. The molecule has 92 valence electrons. The van der Waals surface area contributed by atoms with Crippen molar-refractivity contribution in [2.45, 2.75) is 32.0 Å². The summed E-state index contributed by atoms with van der Waals surface area (Å²) in [4.78, 5) is 11.0. The molecule has 1 fully saturated rings. The Bertz CT molecular complexity index is 393. The SMILES string of the molecule is O=C1CCC(CNCc2cccc(CO)c2)N1. The van der Waals surface area contributed by atoms with Crippen LogP contribution in [0.4, 0.5) is 0 Å². The van der Waals surface area contributed by atoms with Gasteiger partial charge >= 0.3 is 0 Å². The molecule has 1 aromatic rings. The molecule has 0 saturated carbocycles. The fourth-order valence-corrected chi connectivity index (χ4v) is 2.06. The molecule has 1 aliphatic rings. The van der Waals surface area contributed by atoms with Gasteiger partial charge in [-0.05, 0) is 17.5 Å². The van der Waals surface area contributed by atoms with Gasteiger partial charge in [-0.2, -0.15) is 0 Å². The third kappa shape index (κ3) is 3.54. The standard InChI is InChI=1S/C13H18N2O2/c16-9-11-3-1-2-10(6-11)7-14-8-12-4-5-13(17)15-12/h1-3,6,12,14,16H,4-5,7-9H2,(H,15,17). The Morgan fingerprint density at radius 3 is 2.94 bits per heavy atom. The molecule has 1 heterocycles. The predicted octanol–water partition coefficient (Wildman–Crippen LogP) is 0.547. The molecule has 1 saturated heterocycles. The number of carbonyl (C=O) groups excluding carboxylic acids is 1. The minimum atomic E-state index is 0.0759. The molecule has 4 nitrogen and oxygen atoms in total. The Balaban J connectivity index is 1.75. The summed E-state index contributed by atoms with van der Waals surface area (Å²) in [5, 5.41) is 15.3. The molecule has 1 aliphatic heterocycles. The van der Waals surface area contributed by atoms with Gasteiger partial charge in [-0.25, -0.2) is 0 Å². The second-order valence-corrected chi connectivity index (χ2v) is 4.41. The first kappa shape index (κ1) is 12.1. The average molecular weight is 234 g/mol. The van der Waals surface area contributed by atoms with E-state index in [9.17, 15) is 4.79 Å². The number of amides is 1. The summed E-state index contributed by atoms with van der Waals surface area (Å²) in [5.41, 5.74) is 2.08. The highest BCUT2D eigenvalue weighted by Crippen LogP contribution is 2.07. The summed E-state index contributed by atoms with van der Waals surface area (Å²) in [6.07, 6.45) is 1.56.